The van der Waals surface area contributed by atoms with Crippen molar-refractivity contribution in [2.24, 2.45) is 0 Å². The van der Waals surface area contributed by atoms with Crippen LogP contribution in [0.25, 0.3) is 0 Å². The number of carbonyl (C=O) groups excluding carboxylic acids is 1. The number of aromatic amines is 1. The largest absolute Gasteiger partial charge is 0.461 e. The Bertz CT molecular complexity index is 806. The minimum absolute atomic E-state index is 0.142. The molecule has 3 aromatic rings. The second-order valence-electron chi connectivity index (χ2n) is 4.57. The van der Waals surface area contributed by atoms with E-state index in [2.05, 4.69) is 10.2 Å². The monoisotopic (exact) mass is 315 g/mol. The summed E-state index contributed by atoms with van der Waals surface area (Å²) in [6.45, 7) is 0.410. The molecular formula is C15H13N3O3S. The summed E-state index contributed by atoms with van der Waals surface area (Å²) in [6.07, 6.45) is 1.46. The molecule has 1 N–H and O–H groups in total. The number of nitrogens with one attached hydrogen (secondary N) is 1. The summed E-state index contributed by atoms with van der Waals surface area (Å²) < 4.78 is 6.56. The predicted molar refractivity (Wildman–Crippen MR) is 82.2 cm³/mol. The van der Waals surface area contributed by atoms with E-state index in [4.69, 9.17) is 4.42 Å². The quantitative estimate of drug-likeness (QED) is 0.557. The van der Waals surface area contributed by atoms with E-state index in [-0.39, 0.29) is 17.2 Å². The molecule has 2 aromatic heterocycles. The van der Waals surface area contributed by atoms with Crippen LogP contribution in [-0.4, -0.2) is 26.3 Å². The van der Waals surface area contributed by atoms with Crippen LogP contribution in [0.5, 0.6) is 0 Å². The number of thioether (sulfide) groups is 1. The van der Waals surface area contributed by atoms with Crippen molar-refractivity contribution in [2.75, 3.05) is 5.75 Å². The van der Waals surface area contributed by atoms with Crippen molar-refractivity contribution in [3.8, 4) is 0 Å². The first-order valence-electron chi connectivity index (χ1n) is 6.62. The van der Waals surface area contributed by atoms with Crippen molar-refractivity contribution in [3.63, 3.8) is 0 Å². The van der Waals surface area contributed by atoms with Gasteiger partial charge in [-0.15, -0.1) is 5.10 Å². The fourth-order valence-corrected chi connectivity index (χ4v) is 2.77. The fraction of sp³-hybridized carbons (Fsp3) is 0.133. The Morgan fingerprint density at radius 3 is 2.77 bits per heavy atom. The molecule has 3 rings (SSSR count). The lowest BCUT2D eigenvalue weighted by atomic mass is 10.2. The molecule has 0 amide bonds. The summed E-state index contributed by atoms with van der Waals surface area (Å²) >= 11 is 1.20. The zero-order valence-electron chi connectivity index (χ0n) is 11.6. The van der Waals surface area contributed by atoms with Crippen molar-refractivity contribution in [1.29, 1.82) is 0 Å². The highest BCUT2D eigenvalue weighted by Crippen LogP contribution is 2.16. The van der Waals surface area contributed by atoms with E-state index in [0.29, 0.717) is 17.5 Å². The molecule has 0 radical (unpaired) electrons. The lowest BCUT2D eigenvalue weighted by Gasteiger charge is -2.04. The molecule has 0 bridgehead atoms. The highest BCUT2D eigenvalue weighted by Gasteiger charge is 2.14. The van der Waals surface area contributed by atoms with Crippen LogP contribution in [0.3, 0.4) is 0 Å². The Hall–Kier alpha value is -2.54. The molecule has 0 spiro atoms. The first-order chi connectivity index (χ1) is 10.7. The van der Waals surface area contributed by atoms with E-state index in [1.54, 1.807) is 12.1 Å². The van der Waals surface area contributed by atoms with E-state index in [9.17, 15) is 9.59 Å². The average Bonchev–Trinajstić information content (AvgIpc) is 3.18. The topological polar surface area (TPSA) is 80.9 Å². The number of benzene rings is 1. The van der Waals surface area contributed by atoms with Gasteiger partial charge in [0.1, 0.15) is 0 Å². The number of furan rings is 1. The number of nitrogens with zero attached hydrogens (tertiary/aromatic N) is 2. The second kappa shape index (κ2) is 6.48. The van der Waals surface area contributed by atoms with E-state index < -0.39 is 0 Å². The molecule has 0 saturated heterocycles. The van der Waals surface area contributed by atoms with Crippen LogP contribution in [0, 0.1) is 0 Å². The Labute approximate surface area is 130 Å². The van der Waals surface area contributed by atoms with E-state index >= 15 is 0 Å². The summed E-state index contributed by atoms with van der Waals surface area (Å²) in [6, 6.07) is 12.9. The maximum atomic E-state index is 11.9. The Morgan fingerprint density at radius 1 is 1.23 bits per heavy atom. The molecule has 6 nitrogen and oxygen atoms in total. The molecule has 0 atom stereocenters. The first kappa shape index (κ1) is 14.4. The fourth-order valence-electron chi connectivity index (χ4n) is 1.96. The normalized spacial score (nSPS) is 10.7. The van der Waals surface area contributed by atoms with Crippen LogP contribution in [0.2, 0.25) is 0 Å². The lowest BCUT2D eigenvalue weighted by molar-refractivity contribution is 0.0992. The van der Waals surface area contributed by atoms with E-state index in [1.807, 2.05) is 30.3 Å². The zero-order chi connectivity index (χ0) is 15.4. The lowest BCUT2D eigenvalue weighted by Crippen LogP contribution is -2.18. The van der Waals surface area contributed by atoms with Gasteiger partial charge in [0, 0.05) is 0 Å². The molecule has 7 heteroatoms. The van der Waals surface area contributed by atoms with Gasteiger partial charge in [-0.1, -0.05) is 42.1 Å². The summed E-state index contributed by atoms with van der Waals surface area (Å²) in [4.78, 5) is 23.8. The summed E-state index contributed by atoms with van der Waals surface area (Å²) in [5, 5.41) is 6.87. The molecular weight excluding hydrogens is 302 g/mol. The third kappa shape index (κ3) is 3.20. The molecule has 1 aromatic carbocycles. The molecule has 0 saturated carbocycles. The number of ketones is 1. The number of hydrogen-bond acceptors (Lipinski definition) is 5. The zero-order valence-corrected chi connectivity index (χ0v) is 12.4. The van der Waals surface area contributed by atoms with Gasteiger partial charge in [0.05, 0.1) is 18.6 Å². The van der Waals surface area contributed by atoms with Crippen molar-refractivity contribution in [1.82, 2.24) is 14.8 Å². The van der Waals surface area contributed by atoms with Gasteiger partial charge in [0.15, 0.2) is 10.9 Å². The van der Waals surface area contributed by atoms with Gasteiger partial charge in [0.25, 0.3) is 0 Å². The molecule has 112 valence electrons. The second-order valence-corrected chi connectivity index (χ2v) is 5.51. The van der Waals surface area contributed by atoms with Crippen LogP contribution in [0.4, 0.5) is 0 Å². The van der Waals surface area contributed by atoms with Gasteiger partial charge >= 0.3 is 5.69 Å². The Balaban J connectivity index is 1.72. The molecule has 0 aliphatic heterocycles. The van der Waals surface area contributed by atoms with Crippen LogP contribution in [0.15, 0.2) is 63.1 Å². The predicted octanol–water partition coefficient (Wildman–Crippen LogP) is 2.19. The smallest absolute Gasteiger partial charge is 0.344 e. The van der Waals surface area contributed by atoms with Gasteiger partial charge in [-0.3, -0.25) is 9.36 Å². The highest BCUT2D eigenvalue weighted by molar-refractivity contribution is 7.99. The molecule has 0 aliphatic rings. The van der Waals surface area contributed by atoms with E-state index in [1.165, 1.54) is 22.6 Å². The maximum absolute atomic E-state index is 11.9. The van der Waals surface area contributed by atoms with Gasteiger partial charge in [-0.05, 0) is 17.7 Å². The number of carbonyl (C=O) groups is 1. The SMILES string of the molecule is O=C(CSc1n[nH]c(=O)n1Cc1ccccc1)c1ccco1. The number of H-pyrrole nitrogens is 1. The third-order valence-electron chi connectivity index (χ3n) is 3.04. The first-order valence-corrected chi connectivity index (χ1v) is 7.61. The minimum Gasteiger partial charge on any atom is -0.461 e. The highest BCUT2D eigenvalue weighted by atomic mass is 32.2. The van der Waals surface area contributed by atoms with E-state index in [0.717, 1.165) is 5.56 Å². The molecule has 0 fully saturated rings. The number of hydrogen-bond donors (Lipinski definition) is 1. The van der Waals surface area contributed by atoms with Gasteiger partial charge < -0.3 is 4.42 Å². The van der Waals surface area contributed by atoms with Crippen molar-refractivity contribution in [3.05, 3.63) is 70.5 Å². The van der Waals surface area contributed by atoms with Gasteiger partial charge in [-0.25, -0.2) is 9.89 Å². The number of aromatic nitrogens is 3. The number of rotatable bonds is 6. The molecule has 2 heterocycles. The number of Topliss-reactive ketones (excluding diaryl/α,β-unsaturated/α-hetero) is 1. The van der Waals surface area contributed by atoms with Crippen molar-refractivity contribution >= 4 is 17.5 Å². The van der Waals surface area contributed by atoms with Gasteiger partial charge in [0.2, 0.25) is 5.78 Å². The Kier molecular flexibility index (Phi) is 4.24. The van der Waals surface area contributed by atoms with Crippen LogP contribution in [0.1, 0.15) is 16.1 Å². The summed E-state index contributed by atoms with van der Waals surface area (Å²) in [5.74, 6) is 0.323. The molecule has 0 aliphatic carbocycles. The van der Waals surface area contributed by atoms with Crippen molar-refractivity contribution in [2.45, 2.75) is 11.7 Å². The average molecular weight is 315 g/mol. The Morgan fingerprint density at radius 2 is 2.05 bits per heavy atom. The third-order valence-corrected chi connectivity index (χ3v) is 4.01. The summed E-state index contributed by atoms with van der Waals surface area (Å²) in [7, 11) is 0. The molecule has 22 heavy (non-hydrogen) atoms. The summed E-state index contributed by atoms with van der Waals surface area (Å²) in [5.41, 5.74) is 0.696. The van der Waals surface area contributed by atoms with Gasteiger partial charge in [-0.2, -0.15) is 0 Å². The standard InChI is InChI=1S/C15H13N3O3S/c19-12(13-7-4-8-21-13)10-22-15-17-16-14(20)18(15)9-11-5-2-1-3-6-11/h1-8H,9-10H2,(H,16,20). The maximum Gasteiger partial charge on any atom is 0.344 e. The van der Waals surface area contributed by atoms with Crippen LogP contribution in [-0.2, 0) is 6.54 Å². The van der Waals surface area contributed by atoms with Crippen LogP contribution >= 0.6 is 11.8 Å². The van der Waals surface area contributed by atoms with Crippen LogP contribution < -0.4 is 5.69 Å². The van der Waals surface area contributed by atoms with Crippen molar-refractivity contribution < 1.29 is 9.21 Å². The minimum atomic E-state index is -0.295. The molecule has 0 unspecified atom stereocenters.